The fourth-order valence-corrected chi connectivity index (χ4v) is 4.40. The summed E-state index contributed by atoms with van der Waals surface area (Å²) in [5.41, 5.74) is 4.95. The first-order valence-electron chi connectivity index (χ1n) is 11.9. The number of fused-ring (bicyclic) bond motifs is 1. The zero-order valence-electron chi connectivity index (χ0n) is 21.0. The number of carbonyl (C=O) groups is 1. The Bertz CT molecular complexity index is 1400. The van der Waals surface area contributed by atoms with Crippen molar-refractivity contribution in [3.63, 3.8) is 0 Å². The number of aromatic nitrogens is 3. The number of rotatable bonds is 8. The van der Waals surface area contributed by atoms with Gasteiger partial charge in [0.25, 0.3) is 5.56 Å². The van der Waals surface area contributed by atoms with E-state index in [1.165, 1.54) is 0 Å². The molecule has 0 spiro atoms. The second-order valence-corrected chi connectivity index (χ2v) is 9.09. The number of ether oxygens (including phenoxy) is 1. The van der Waals surface area contributed by atoms with Crippen molar-refractivity contribution in [3.8, 4) is 11.4 Å². The van der Waals surface area contributed by atoms with E-state index in [9.17, 15) is 9.59 Å². The van der Waals surface area contributed by atoms with Crippen molar-refractivity contribution in [2.24, 2.45) is 7.05 Å². The zero-order valence-corrected chi connectivity index (χ0v) is 21.0. The number of pyridine rings is 1. The molecule has 0 saturated carbocycles. The fraction of sp³-hybridized carbons (Fsp3) is 0.321. The Hall–Kier alpha value is -3.87. The van der Waals surface area contributed by atoms with Crippen LogP contribution in [0.25, 0.3) is 16.7 Å². The number of hydrogen-bond acceptors (Lipinski definition) is 4. The third-order valence-electron chi connectivity index (χ3n) is 6.13. The van der Waals surface area contributed by atoms with E-state index in [1.807, 2.05) is 87.0 Å². The van der Waals surface area contributed by atoms with Crippen LogP contribution in [-0.4, -0.2) is 26.4 Å². The van der Waals surface area contributed by atoms with Gasteiger partial charge < -0.3 is 10.1 Å². The number of hydrogen-bond donors (Lipinski definition) is 1. The Labute approximate surface area is 205 Å². The van der Waals surface area contributed by atoms with Crippen molar-refractivity contribution >= 4 is 16.9 Å². The van der Waals surface area contributed by atoms with E-state index >= 15 is 0 Å². The molecule has 4 rings (SSSR count). The van der Waals surface area contributed by atoms with Gasteiger partial charge in [0.05, 0.1) is 17.5 Å². The summed E-state index contributed by atoms with van der Waals surface area (Å²) < 4.78 is 9.11. The van der Waals surface area contributed by atoms with Crippen LogP contribution in [0.5, 0.6) is 5.75 Å². The van der Waals surface area contributed by atoms with Gasteiger partial charge in [-0.3, -0.25) is 14.2 Å². The lowest BCUT2D eigenvalue weighted by atomic mass is 10.0. The summed E-state index contributed by atoms with van der Waals surface area (Å²) in [6.07, 6.45) is 0.728. The molecule has 0 saturated heterocycles. The van der Waals surface area contributed by atoms with Crippen LogP contribution in [0.4, 0.5) is 0 Å². The van der Waals surface area contributed by atoms with Crippen molar-refractivity contribution in [1.29, 1.82) is 0 Å². The van der Waals surface area contributed by atoms with Crippen LogP contribution in [0.15, 0.2) is 59.4 Å². The molecule has 2 aromatic heterocycles. The maximum Gasteiger partial charge on any atom is 0.255 e. The molecule has 0 aliphatic carbocycles. The molecule has 2 aromatic carbocycles. The molecule has 0 aliphatic rings. The summed E-state index contributed by atoms with van der Waals surface area (Å²) in [7, 11) is 1.76. The number of para-hydroxylation sites is 1. The number of benzene rings is 2. The molecule has 7 heteroatoms. The Morgan fingerprint density at radius 1 is 1.06 bits per heavy atom. The molecule has 35 heavy (non-hydrogen) atoms. The van der Waals surface area contributed by atoms with Gasteiger partial charge in [0, 0.05) is 31.0 Å². The Kier molecular flexibility index (Phi) is 7.05. The van der Waals surface area contributed by atoms with Gasteiger partial charge in [0.15, 0.2) is 0 Å². The topological polar surface area (TPSA) is 78.2 Å². The monoisotopic (exact) mass is 472 g/mol. The molecule has 7 nitrogen and oxygen atoms in total. The van der Waals surface area contributed by atoms with Crippen LogP contribution in [-0.2, 0) is 24.8 Å². The average Bonchev–Trinajstić information content (AvgIpc) is 3.19. The van der Waals surface area contributed by atoms with Gasteiger partial charge >= 0.3 is 0 Å². The molecule has 0 atom stereocenters. The van der Waals surface area contributed by atoms with Crippen LogP contribution in [0.2, 0.25) is 0 Å². The highest BCUT2D eigenvalue weighted by molar-refractivity contribution is 5.85. The standard InChI is InChI=1S/C28H32N4O3/c1-18(2)35-23-13-11-21(12-14-23)17-29-25(33)16-15-24-19(3)26-20(4)30-32(22-9-7-6-8-10-22)27(26)31(5)28(24)34/h6-14,18H,15-17H2,1-5H3,(H,29,33). The fourth-order valence-electron chi connectivity index (χ4n) is 4.40. The number of nitrogens with zero attached hydrogens (tertiary/aromatic N) is 3. The Balaban J connectivity index is 1.49. The minimum atomic E-state index is -0.0966. The third-order valence-corrected chi connectivity index (χ3v) is 6.13. The van der Waals surface area contributed by atoms with Crippen molar-refractivity contribution in [1.82, 2.24) is 19.7 Å². The van der Waals surface area contributed by atoms with Crippen LogP contribution in [0.1, 0.15) is 42.7 Å². The smallest absolute Gasteiger partial charge is 0.255 e. The largest absolute Gasteiger partial charge is 0.491 e. The van der Waals surface area contributed by atoms with E-state index in [-0.39, 0.29) is 24.0 Å². The second kappa shape index (κ2) is 10.2. The van der Waals surface area contributed by atoms with Crippen LogP contribution in [0, 0.1) is 13.8 Å². The van der Waals surface area contributed by atoms with Crippen molar-refractivity contribution < 1.29 is 9.53 Å². The minimum absolute atomic E-state index is 0.0919. The summed E-state index contributed by atoms with van der Waals surface area (Å²) >= 11 is 0. The first-order valence-corrected chi connectivity index (χ1v) is 11.9. The molecule has 2 heterocycles. The molecule has 4 aromatic rings. The van der Waals surface area contributed by atoms with Gasteiger partial charge in [0.1, 0.15) is 11.4 Å². The van der Waals surface area contributed by atoms with Gasteiger partial charge in [-0.25, -0.2) is 4.68 Å². The normalized spacial score (nSPS) is 11.3. The van der Waals surface area contributed by atoms with E-state index < -0.39 is 0 Å². The van der Waals surface area contributed by atoms with Crippen molar-refractivity contribution in [2.75, 3.05) is 0 Å². The predicted octanol–water partition coefficient (Wildman–Crippen LogP) is 4.38. The third kappa shape index (κ3) is 5.14. The summed E-state index contributed by atoms with van der Waals surface area (Å²) in [4.78, 5) is 25.8. The molecule has 0 unspecified atom stereocenters. The van der Waals surface area contributed by atoms with Gasteiger partial charge in [-0.05, 0) is 69.5 Å². The molecule has 0 bridgehead atoms. The molecular formula is C28H32N4O3. The second-order valence-electron chi connectivity index (χ2n) is 9.09. The van der Waals surface area contributed by atoms with E-state index in [4.69, 9.17) is 9.84 Å². The van der Waals surface area contributed by atoms with Crippen molar-refractivity contribution in [2.45, 2.75) is 53.2 Å². The van der Waals surface area contributed by atoms with Crippen molar-refractivity contribution in [3.05, 3.63) is 87.3 Å². The maximum absolute atomic E-state index is 13.3. The highest BCUT2D eigenvalue weighted by atomic mass is 16.5. The lowest BCUT2D eigenvalue weighted by Gasteiger charge is -2.13. The quantitative estimate of drug-likeness (QED) is 0.413. The number of aryl methyl sites for hydroxylation is 3. The highest BCUT2D eigenvalue weighted by Crippen LogP contribution is 2.25. The first kappa shape index (κ1) is 24.3. The van der Waals surface area contributed by atoms with Gasteiger partial charge in [-0.15, -0.1) is 0 Å². The molecule has 0 fully saturated rings. The molecule has 1 amide bonds. The number of amides is 1. The van der Waals surface area contributed by atoms with E-state index in [0.717, 1.165) is 39.3 Å². The summed E-state index contributed by atoms with van der Waals surface area (Å²) in [5, 5.41) is 8.62. The number of carbonyl (C=O) groups excluding carboxylic acids is 1. The first-order chi connectivity index (χ1) is 16.8. The van der Waals surface area contributed by atoms with E-state index in [2.05, 4.69) is 5.32 Å². The lowest BCUT2D eigenvalue weighted by molar-refractivity contribution is -0.121. The maximum atomic E-state index is 13.3. The van der Waals surface area contributed by atoms with Crippen LogP contribution < -0.4 is 15.6 Å². The van der Waals surface area contributed by atoms with Gasteiger partial charge in [0.2, 0.25) is 5.91 Å². The predicted molar refractivity (Wildman–Crippen MR) is 138 cm³/mol. The summed E-state index contributed by atoms with van der Waals surface area (Å²) in [5.74, 6) is 0.716. The molecular weight excluding hydrogens is 440 g/mol. The Morgan fingerprint density at radius 3 is 2.40 bits per heavy atom. The number of nitrogens with one attached hydrogen (secondary N) is 1. The molecule has 1 N–H and O–H groups in total. The summed E-state index contributed by atoms with van der Waals surface area (Å²) in [6.45, 7) is 8.30. The van der Waals surface area contributed by atoms with Gasteiger partial charge in [-0.1, -0.05) is 30.3 Å². The highest BCUT2D eigenvalue weighted by Gasteiger charge is 2.20. The molecule has 0 radical (unpaired) electrons. The minimum Gasteiger partial charge on any atom is -0.491 e. The summed E-state index contributed by atoms with van der Waals surface area (Å²) in [6, 6.07) is 17.5. The Morgan fingerprint density at radius 2 is 1.74 bits per heavy atom. The van der Waals surface area contributed by atoms with E-state index in [1.54, 1.807) is 11.6 Å². The van der Waals surface area contributed by atoms with Gasteiger partial charge in [-0.2, -0.15) is 5.10 Å². The van der Waals surface area contributed by atoms with Crippen LogP contribution >= 0.6 is 0 Å². The SMILES string of the molecule is Cc1nn(-c2ccccc2)c2c1c(C)c(CCC(=O)NCc1ccc(OC(C)C)cc1)c(=O)n2C. The van der Waals surface area contributed by atoms with E-state index in [0.29, 0.717) is 18.5 Å². The lowest BCUT2D eigenvalue weighted by Crippen LogP contribution is -2.27. The molecule has 0 aliphatic heterocycles. The molecule has 182 valence electrons. The average molecular weight is 473 g/mol. The zero-order chi connectivity index (χ0) is 25.1. The van der Waals surface area contributed by atoms with Crippen LogP contribution in [0.3, 0.4) is 0 Å².